The van der Waals surface area contributed by atoms with Crippen LogP contribution < -0.4 is 24.3 Å². The number of amides is 1. The maximum atomic E-state index is 13.0. The highest BCUT2D eigenvalue weighted by molar-refractivity contribution is 5.93. The van der Waals surface area contributed by atoms with Crippen LogP contribution in [0.1, 0.15) is 6.92 Å². The van der Waals surface area contributed by atoms with Crippen LogP contribution in [0.3, 0.4) is 0 Å². The number of benzene rings is 2. The largest absolute Gasteiger partial charge is 0.586 e. The highest BCUT2D eigenvalue weighted by atomic mass is 19.3. The van der Waals surface area contributed by atoms with Gasteiger partial charge in [-0.25, -0.2) is 4.79 Å². The summed E-state index contributed by atoms with van der Waals surface area (Å²) in [6, 6.07) is 10.5. The van der Waals surface area contributed by atoms with Gasteiger partial charge in [-0.1, -0.05) is 12.1 Å². The number of carbonyl (C=O) groups is 2. The van der Waals surface area contributed by atoms with E-state index in [-0.39, 0.29) is 17.2 Å². The first-order valence-electron chi connectivity index (χ1n) is 8.56. The first-order valence-corrected chi connectivity index (χ1v) is 8.56. The third kappa shape index (κ3) is 5.47. The number of ether oxygens (including phenoxy) is 5. The molecule has 0 saturated heterocycles. The molecular formula is C19H17F2NO7. The Morgan fingerprint density at radius 3 is 2.41 bits per heavy atom. The van der Waals surface area contributed by atoms with Gasteiger partial charge in [0.1, 0.15) is 0 Å². The van der Waals surface area contributed by atoms with Crippen molar-refractivity contribution < 1.29 is 42.1 Å². The number of hydrogen-bond donors (Lipinski definition) is 1. The average molecular weight is 409 g/mol. The molecule has 1 aliphatic heterocycles. The zero-order chi connectivity index (χ0) is 20.9. The monoisotopic (exact) mass is 409 g/mol. The number of anilines is 1. The van der Waals surface area contributed by atoms with E-state index in [1.165, 1.54) is 18.2 Å². The SMILES string of the molecule is CCOc1ccccc1OCC(=O)OCC(=O)Nc1ccc2c(c1)OC(F)(F)O2. The zero-order valence-electron chi connectivity index (χ0n) is 15.3. The number of esters is 1. The lowest BCUT2D eigenvalue weighted by Gasteiger charge is -2.11. The summed E-state index contributed by atoms with van der Waals surface area (Å²) >= 11 is 0. The Morgan fingerprint density at radius 2 is 1.69 bits per heavy atom. The summed E-state index contributed by atoms with van der Waals surface area (Å²) in [4.78, 5) is 23.7. The predicted molar refractivity (Wildman–Crippen MR) is 95.3 cm³/mol. The van der Waals surface area contributed by atoms with Gasteiger partial charge in [0.15, 0.2) is 36.2 Å². The molecule has 0 unspecified atom stereocenters. The van der Waals surface area contributed by atoms with Crippen LogP contribution in [0.4, 0.5) is 14.5 Å². The minimum Gasteiger partial charge on any atom is -0.490 e. The number of halogens is 2. The fourth-order valence-corrected chi connectivity index (χ4v) is 2.39. The van der Waals surface area contributed by atoms with Crippen molar-refractivity contribution in [2.24, 2.45) is 0 Å². The third-order valence-electron chi connectivity index (χ3n) is 3.54. The normalized spacial score (nSPS) is 13.5. The van der Waals surface area contributed by atoms with E-state index in [0.29, 0.717) is 18.1 Å². The second kappa shape index (κ2) is 8.63. The van der Waals surface area contributed by atoms with Crippen LogP contribution in [0.25, 0.3) is 0 Å². The molecule has 10 heteroatoms. The molecule has 29 heavy (non-hydrogen) atoms. The first-order chi connectivity index (χ1) is 13.9. The molecule has 0 saturated carbocycles. The highest BCUT2D eigenvalue weighted by Gasteiger charge is 2.43. The predicted octanol–water partition coefficient (Wildman–Crippen LogP) is 2.97. The second-order valence-electron chi connectivity index (χ2n) is 5.71. The van der Waals surface area contributed by atoms with E-state index in [9.17, 15) is 18.4 Å². The zero-order valence-corrected chi connectivity index (χ0v) is 15.3. The Bertz CT molecular complexity index is 904. The Morgan fingerprint density at radius 1 is 1.00 bits per heavy atom. The van der Waals surface area contributed by atoms with Gasteiger partial charge < -0.3 is 29.0 Å². The lowest BCUT2D eigenvalue weighted by molar-refractivity contribution is -0.286. The van der Waals surface area contributed by atoms with Gasteiger partial charge in [0.25, 0.3) is 5.91 Å². The molecule has 0 radical (unpaired) electrons. The van der Waals surface area contributed by atoms with Gasteiger partial charge in [-0.2, -0.15) is 0 Å². The molecule has 0 aromatic heterocycles. The first kappa shape index (κ1) is 20.2. The Labute approximate surface area is 164 Å². The number of nitrogens with one attached hydrogen (secondary N) is 1. The fraction of sp³-hybridized carbons (Fsp3) is 0.263. The third-order valence-corrected chi connectivity index (χ3v) is 3.54. The number of hydrogen-bond acceptors (Lipinski definition) is 7. The van der Waals surface area contributed by atoms with E-state index in [1.54, 1.807) is 24.3 Å². The van der Waals surface area contributed by atoms with Crippen molar-refractivity contribution in [3.05, 3.63) is 42.5 Å². The summed E-state index contributed by atoms with van der Waals surface area (Å²) in [7, 11) is 0. The lowest BCUT2D eigenvalue weighted by atomic mass is 10.3. The molecule has 1 aliphatic rings. The van der Waals surface area contributed by atoms with Crippen LogP contribution in [0, 0.1) is 0 Å². The Hall–Kier alpha value is -3.56. The average Bonchev–Trinajstić information content (AvgIpc) is 2.99. The molecule has 154 valence electrons. The van der Waals surface area contributed by atoms with Crippen molar-refractivity contribution in [2.45, 2.75) is 13.2 Å². The van der Waals surface area contributed by atoms with Crippen molar-refractivity contribution in [3.63, 3.8) is 0 Å². The summed E-state index contributed by atoms with van der Waals surface area (Å²) in [5.41, 5.74) is 0.174. The van der Waals surface area contributed by atoms with Gasteiger partial charge in [0.2, 0.25) is 0 Å². The number of carbonyl (C=O) groups excluding carboxylic acids is 2. The molecule has 0 aliphatic carbocycles. The topological polar surface area (TPSA) is 92.3 Å². The number of alkyl halides is 2. The summed E-state index contributed by atoms with van der Waals surface area (Å²) in [6.45, 7) is 1.24. The molecule has 1 heterocycles. The van der Waals surface area contributed by atoms with E-state index in [4.69, 9.17) is 14.2 Å². The minimum absolute atomic E-state index is 0.149. The molecule has 0 bridgehead atoms. The minimum atomic E-state index is -3.75. The molecule has 0 atom stereocenters. The van der Waals surface area contributed by atoms with E-state index in [0.717, 1.165) is 0 Å². The standard InChI is InChI=1S/C19H17F2NO7/c1-2-25-13-5-3-4-6-14(13)26-11-18(24)27-10-17(23)22-12-7-8-15-16(9-12)29-19(20,21)28-15/h3-9H,2,10-11H2,1H3,(H,22,23). The van der Waals surface area contributed by atoms with Gasteiger partial charge in [-0.15, -0.1) is 8.78 Å². The Kier molecular flexibility index (Phi) is 6.01. The van der Waals surface area contributed by atoms with Crippen molar-refractivity contribution >= 4 is 17.6 Å². The molecular weight excluding hydrogens is 392 g/mol. The van der Waals surface area contributed by atoms with Gasteiger partial charge in [0.05, 0.1) is 6.61 Å². The highest BCUT2D eigenvalue weighted by Crippen LogP contribution is 2.42. The smallest absolute Gasteiger partial charge is 0.490 e. The molecule has 0 fully saturated rings. The second-order valence-corrected chi connectivity index (χ2v) is 5.71. The quantitative estimate of drug-likeness (QED) is 0.670. The van der Waals surface area contributed by atoms with Crippen LogP contribution >= 0.6 is 0 Å². The van der Waals surface area contributed by atoms with Crippen molar-refractivity contribution in [1.29, 1.82) is 0 Å². The van der Waals surface area contributed by atoms with Gasteiger partial charge in [0, 0.05) is 11.8 Å². The van der Waals surface area contributed by atoms with Crippen LogP contribution in [0.2, 0.25) is 0 Å². The fourth-order valence-electron chi connectivity index (χ4n) is 2.39. The summed E-state index contributed by atoms with van der Waals surface area (Å²) in [5, 5.41) is 2.40. The molecule has 0 spiro atoms. The maximum Gasteiger partial charge on any atom is 0.586 e. The lowest BCUT2D eigenvalue weighted by Crippen LogP contribution is -2.26. The van der Waals surface area contributed by atoms with Crippen LogP contribution in [-0.2, 0) is 14.3 Å². The Balaban J connectivity index is 1.45. The van der Waals surface area contributed by atoms with Gasteiger partial charge >= 0.3 is 12.3 Å². The van der Waals surface area contributed by atoms with Gasteiger partial charge in [-0.3, -0.25) is 4.79 Å². The van der Waals surface area contributed by atoms with E-state index >= 15 is 0 Å². The summed E-state index contributed by atoms with van der Waals surface area (Å²) < 4.78 is 50.1. The van der Waals surface area contributed by atoms with E-state index in [2.05, 4.69) is 14.8 Å². The van der Waals surface area contributed by atoms with Crippen molar-refractivity contribution in [3.8, 4) is 23.0 Å². The molecule has 1 amide bonds. The van der Waals surface area contributed by atoms with Crippen molar-refractivity contribution in [1.82, 2.24) is 0 Å². The molecule has 3 rings (SSSR count). The van der Waals surface area contributed by atoms with Gasteiger partial charge in [-0.05, 0) is 31.2 Å². The van der Waals surface area contributed by atoms with Crippen molar-refractivity contribution in [2.75, 3.05) is 25.1 Å². The van der Waals surface area contributed by atoms with Crippen LogP contribution in [0.15, 0.2) is 42.5 Å². The molecule has 2 aromatic carbocycles. The van der Waals surface area contributed by atoms with E-state index < -0.39 is 31.4 Å². The van der Waals surface area contributed by atoms with Crippen LogP contribution in [0.5, 0.6) is 23.0 Å². The summed E-state index contributed by atoms with van der Waals surface area (Å²) in [6.07, 6.45) is -3.75. The number of fused-ring (bicyclic) bond motifs is 1. The summed E-state index contributed by atoms with van der Waals surface area (Å²) in [5.74, 6) is -0.951. The number of rotatable bonds is 8. The number of para-hydroxylation sites is 2. The maximum absolute atomic E-state index is 13.0. The van der Waals surface area contributed by atoms with E-state index in [1.807, 2.05) is 6.92 Å². The molecule has 8 nitrogen and oxygen atoms in total. The van der Waals surface area contributed by atoms with Crippen LogP contribution in [-0.4, -0.2) is 38.0 Å². The molecule has 1 N–H and O–H groups in total. The molecule has 2 aromatic rings.